The molecule has 2 unspecified atom stereocenters. The number of allylic oxidation sites excluding steroid dienone is 28. The fourth-order valence-electron chi connectivity index (χ4n) is 9.50. The second-order valence-corrected chi connectivity index (χ2v) is 24.8. The topological polar surface area (TPSA) is 108 Å². The first-order valence-corrected chi connectivity index (χ1v) is 36.3. The van der Waals surface area contributed by atoms with E-state index >= 15 is 0 Å². The average molecular weight is 1260 g/mol. The number of quaternary nitrogens is 1. The standard InChI is InChI=1S/C82H133NO8/c1-6-8-10-12-14-16-18-20-22-24-26-28-30-32-34-36-38-39-40-41-43-45-47-49-51-53-55-57-59-61-63-65-67-69-71-73-80(85)91-78(77-90-82(81(86)87)88-75-74-83(3,4)5)76-89-79(84)72-70-68-66-64-62-60-58-56-54-52-50-48-46-44-42-37-35-33-31-29-27-25-23-21-19-17-15-13-11-9-7-2/h8-11,14-17,20-23,26-29,32-35,38-39,41-44,47,49,78,82H,6-7,12-13,18-19,24-25,30-31,36-37,40,45-46,48,50-77H2,1-5H3/p+1/b10-8-,11-9-,16-14-,17-15-,22-20-,23-21-,28-26-,29-27-,34-32-,35-33-,39-38-,43-41-,44-42-,49-47-. The van der Waals surface area contributed by atoms with Crippen LogP contribution in [0.5, 0.6) is 0 Å². The Bertz CT molecular complexity index is 2100. The number of carboxylic acids is 1. The predicted octanol–water partition coefficient (Wildman–Crippen LogP) is 23.0. The molecule has 0 saturated carbocycles. The Hall–Kier alpha value is -5.35. The molecule has 0 heterocycles. The summed E-state index contributed by atoms with van der Waals surface area (Å²) in [6, 6.07) is 0. The minimum Gasteiger partial charge on any atom is -0.477 e. The Labute approximate surface area is 558 Å². The van der Waals surface area contributed by atoms with Crippen molar-refractivity contribution in [2.45, 2.75) is 283 Å². The molecule has 0 amide bonds. The molecule has 91 heavy (non-hydrogen) atoms. The molecule has 9 nitrogen and oxygen atoms in total. The quantitative estimate of drug-likeness (QED) is 0.0211. The first-order chi connectivity index (χ1) is 44.6. The highest BCUT2D eigenvalue weighted by atomic mass is 16.7. The molecule has 0 bridgehead atoms. The summed E-state index contributed by atoms with van der Waals surface area (Å²) in [5.74, 6) is -2.02. The van der Waals surface area contributed by atoms with E-state index in [0.29, 0.717) is 17.4 Å². The lowest BCUT2D eigenvalue weighted by Crippen LogP contribution is -2.40. The van der Waals surface area contributed by atoms with E-state index in [1.807, 2.05) is 21.1 Å². The zero-order valence-electron chi connectivity index (χ0n) is 58.7. The summed E-state index contributed by atoms with van der Waals surface area (Å²) >= 11 is 0. The molecule has 0 radical (unpaired) electrons. The molecule has 1 N–H and O–H groups in total. The summed E-state index contributed by atoms with van der Waals surface area (Å²) in [4.78, 5) is 37.7. The number of esters is 2. The van der Waals surface area contributed by atoms with Crippen LogP contribution in [0.15, 0.2) is 170 Å². The van der Waals surface area contributed by atoms with Crippen LogP contribution in [0, 0.1) is 0 Å². The van der Waals surface area contributed by atoms with Gasteiger partial charge in [0.2, 0.25) is 0 Å². The van der Waals surface area contributed by atoms with Gasteiger partial charge in [-0.3, -0.25) is 9.59 Å². The summed E-state index contributed by atoms with van der Waals surface area (Å²) in [6.07, 6.45) is 103. The largest absolute Gasteiger partial charge is 0.477 e. The van der Waals surface area contributed by atoms with Crippen molar-refractivity contribution in [3.8, 4) is 0 Å². The fraction of sp³-hybridized carbons (Fsp3) is 0.622. The Balaban J connectivity index is 4.17. The number of carbonyl (C=O) groups is 3. The van der Waals surface area contributed by atoms with Crippen molar-refractivity contribution in [2.75, 3.05) is 47.5 Å². The molecule has 0 rings (SSSR count). The number of carbonyl (C=O) groups excluding carboxylic acids is 2. The summed E-state index contributed by atoms with van der Waals surface area (Å²) in [7, 11) is 5.97. The molecule has 0 aliphatic heterocycles. The molecule has 0 aromatic rings. The minimum absolute atomic E-state index is 0.178. The van der Waals surface area contributed by atoms with Crippen LogP contribution >= 0.6 is 0 Å². The van der Waals surface area contributed by atoms with Gasteiger partial charge in [-0.05, 0) is 128 Å². The molecule has 0 aromatic carbocycles. The molecular weight excluding hydrogens is 1130 g/mol. The Morgan fingerprint density at radius 3 is 0.879 bits per heavy atom. The molecule has 0 fully saturated rings. The van der Waals surface area contributed by atoms with Gasteiger partial charge in [-0.15, -0.1) is 0 Å². The molecule has 0 saturated heterocycles. The summed E-state index contributed by atoms with van der Waals surface area (Å²) < 4.78 is 23.0. The van der Waals surface area contributed by atoms with Crippen molar-refractivity contribution < 1.29 is 42.9 Å². The van der Waals surface area contributed by atoms with Gasteiger partial charge in [0.15, 0.2) is 6.10 Å². The fourth-order valence-corrected chi connectivity index (χ4v) is 9.50. The van der Waals surface area contributed by atoms with E-state index in [1.165, 1.54) is 103 Å². The van der Waals surface area contributed by atoms with Crippen LogP contribution in [0.25, 0.3) is 0 Å². The number of rotatable bonds is 65. The number of likely N-dealkylation sites (N-methyl/N-ethyl adjacent to an activating group) is 1. The number of ether oxygens (including phenoxy) is 4. The Morgan fingerprint density at radius 1 is 0.330 bits per heavy atom. The first kappa shape index (κ1) is 85.7. The molecule has 0 aliphatic carbocycles. The van der Waals surface area contributed by atoms with E-state index in [2.05, 4.69) is 184 Å². The van der Waals surface area contributed by atoms with Crippen LogP contribution in [0.3, 0.4) is 0 Å². The molecular formula is C82H134NO8+. The van der Waals surface area contributed by atoms with E-state index in [-0.39, 0.29) is 38.6 Å². The molecule has 2 atom stereocenters. The highest BCUT2D eigenvalue weighted by molar-refractivity contribution is 5.71. The van der Waals surface area contributed by atoms with Gasteiger partial charge in [0.25, 0.3) is 6.29 Å². The third kappa shape index (κ3) is 71.9. The number of carboxylic acid groups (broad SMARTS) is 1. The van der Waals surface area contributed by atoms with Gasteiger partial charge in [-0.2, -0.15) is 0 Å². The third-order valence-electron chi connectivity index (χ3n) is 15.0. The Morgan fingerprint density at radius 2 is 0.593 bits per heavy atom. The number of aliphatic carboxylic acids is 1. The van der Waals surface area contributed by atoms with Gasteiger partial charge < -0.3 is 28.5 Å². The van der Waals surface area contributed by atoms with Crippen molar-refractivity contribution >= 4 is 17.9 Å². The second kappa shape index (κ2) is 70.5. The first-order valence-electron chi connectivity index (χ1n) is 36.3. The predicted molar refractivity (Wildman–Crippen MR) is 391 cm³/mol. The Kier molecular flexibility index (Phi) is 66.4. The molecule has 0 aromatic heterocycles. The number of hydrogen-bond acceptors (Lipinski definition) is 7. The summed E-state index contributed by atoms with van der Waals surface area (Å²) in [5.41, 5.74) is 0. The van der Waals surface area contributed by atoms with Gasteiger partial charge in [-0.1, -0.05) is 300 Å². The van der Waals surface area contributed by atoms with Crippen LogP contribution in [0.2, 0.25) is 0 Å². The van der Waals surface area contributed by atoms with Crippen LogP contribution < -0.4 is 0 Å². The average Bonchev–Trinajstić information content (AvgIpc) is 3.46. The van der Waals surface area contributed by atoms with Gasteiger partial charge in [0, 0.05) is 12.8 Å². The van der Waals surface area contributed by atoms with Gasteiger partial charge in [-0.25, -0.2) is 4.79 Å². The maximum absolute atomic E-state index is 13.0. The molecule has 0 spiro atoms. The van der Waals surface area contributed by atoms with Gasteiger partial charge >= 0.3 is 17.9 Å². The maximum atomic E-state index is 13.0. The highest BCUT2D eigenvalue weighted by Gasteiger charge is 2.25. The van der Waals surface area contributed by atoms with Gasteiger partial charge in [0.05, 0.1) is 34.4 Å². The normalized spacial score (nSPS) is 13.7. The lowest BCUT2D eigenvalue weighted by atomic mass is 10.0. The van der Waals surface area contributed by atoms with Crippen molar-refractivity contribution in [1.82, 2.24) is 0 Å². The van der Waals surface area contributed by atoms with Crippen LogP contribution in [-0.4, -0.2) is 87.4 Å². The number of hydrogen-bond donors (Lipinski definition) is 1. The van der Waals surface area contributed by atoms with E-state index in [0.717, 1.165) is 135 Å². The zero-order chi connectivity index (χ0) is 66.1. The van der Waals surface area contributed by atoms with Crippen molar-refractivity contribution in [3.05, 3.63) is 170 Å². The van der Waals surface area contributed by atoms with Crippen LogP contribution in [-0.2, 0) is 33.3 Å². The summed E-state index contributed by atoms with van der Waals surface area (Å²) in [6.45, 7) is 4.64. The summed E-state index contributed by atoms with van der Waals surface area (Å²) in [5, 5.41) is 9.76. The molecule has 514 valence electrons. The van der Waals surface area contributed by atoms with Crippen molar-refractivity contribution in [3.63, 3.8) is 0 Å². The lowest BCUT2D eigenvalue weighted by molar-refractivity contribution is -0.870. The zero-order valence-corrected chi connectivity index (χ0v) is 58.7. The van der Waals surface area contributed by atoms with E-state index in [1.54, 1.807) is 0 Å². The maximum Gasteiger partial charge on any atom is 0.361 e. The molecule has 0 aliphatic rings. The van der Waals surface area contributed by atoms with E-state index in [9.17, 15) is 19.5 Å². The number of nitrogens with zero attached hydrogens (tertiary/aromatic N) is 1. The highest BCUT2D eigenvalue weighted by Crippen LogP contribution is 2.16. The lowest BCUT2D eigenvalue weighted by Gasteiger charge is -2.25. The van der Waals surface area contributed by atoms with E-state index in [4.69, 9.17) is 18.9 Å². The third-order valence-corrected chi connectivity index (χ3v) is 15.0. The smallest absolute Gasteiger partial charge is 0.361 e. The van der Waals surface area contributed by atoms with Gasteiger partial charge in [0.1, 0.15) is 13.2 Å². The monoisotopic (exact) mass is 1260 g/mol. The minimum atomic E-state index is -1.52. The van der Waals surface area contributed by atoms with Crippen LogP contribution in [0.4, 0.5) is 0 Å². The van der Waals surface area contributed by atoms with Crippen LogP contribution in [0.1, 0.15) is 271 Å². The van der Waals surface area contributed by atoms with Crippen molar-refractivity contribution in [1.29, 1.82) is 0 Å². The second-order valence-electron chi connectivity index (χ2n) is 24.8. The van der Waals surface area contributed by atoms with E-state index < -0.39 is 24.3 Å². The number of unbranched alkanes of at least 4 members (excludes halogenated alkanes) is 22. The SMILES string of the molecule is CC/C=C\C/C=C\C/C=C\C/C=C\C/C=C\C/C=C\C/C=C\C/C=C\CCCCCCCCCCCCC(=O)OC(COC(=O)CCCCCCCCCCCCCC/C=C\C/C=C\C/C=C\C/C=C\C/C=C\C/C=C\CC)COC(OCC[N+](C)(C)C)C(=O)O. The molecule has 9 heteroatoms. The van der Waals surface area contributed by atoms with Crippen molar-refractivity contribution in [2.24, 2.45) is 0 Å².